The molecule has 4 nitrogen and oxygen atoms in total. The molecule has 0 radical (unpaired) electrons. The lowest BCUT2D eigenvalue weighted by Crippen LogP contribution is -2.21. The number of ether oxygens (including phenoxy) is 2. The Bertz CT molecular complexity index is 751. The van der Waals surface area contributed by atoms with Crippen molar-refractivity contribution in [2.45, 2.75) is 4.58 Å². The fraction of sp³-hybridized carbons (Fsp3) is 0.278. The van der Waals surface area contributed by atoms with Crippen molar-refractivity contribution in [1.29, 1.82) is 0 Å². The monoisotopic (exact) mass is 395 g/mol. The van der Waals surface area contributed by atoms with Gasteiger partial charge in [0.25, 0.3) is 5.91 Å². The van der Waals surface area contributed by atoms with Gasteiger partial charge in [0.05, 0.1) is 17.4 Å². The number of nitrogens with one attached hydrogen (secondary N) is 1. The van der Waals surface area contributed by atoms with Crippen LogP contribution in [0.4, 0.5) is 5.69 Å². The maximum Gasteiger partial charge on any atom is 0.262 e. The quantitative estimate of drug-likeness (QED) is 0.757. The van der Waals surface area contributed by atoms with Gasteiger partial charge in [-0.3, -0.25) is 4.79 Å². The van der Waals surface area contributed by atoms with Gasteiger partial charge in [0.15, 0.2) is 6.61 Å². The molecule has 0 unspecified atom stereocenters. The number of amides is 1. The van der Waals surface area contributed by atoms with Crippen LogP contribution < -0.4 is 14.8 Å². The highest BCUT2D eigenvalue weighted by Crippen LogP contribution is 2.48. The molecule has 0 spiro atoms. The lowest BCUT2D eigenvalue weighted by molar-refractivity contribution is -0.118. The topological polar surface area (TPSA) is 47.6 Å². The SMILES string of the molecule is COc1ccc(Cl)cc1NC(=O)COc1ccccc1C1SCCS1. The molecular formula is C18H18ClNO3S2. The molecule has 0 saturated carbocycles. The molecule has 0 aliphatic carbocycles. The number of carbonyl (C=O) groups excluding carboxylic acids is 1. The fourth-order valence-electron chi connectivity index (χ4n) is 2.45. The van der Waals surface area contributed by atoms with Gasteiger partial charge in [-0.25, -0.2) is 0 Å². The van der Waals surface area contributed by atoms with Gasteiger partial charge in [0.1, 0.15) is 11.5 Å². The Hall–Kier alpha value is -1.50. The van der Waals surface area contributed by atoms with E-state index in [1.54, 1.807) is 25.3 Å². The lowest BCUT2D eigenvalue weighted by Gasteiger charge is -2.15. The van der Waals surface area contributed by atoms with Crippen molar-refractivity contribution in [3.05, 3.63) is 53.1 Å². The van der Waals surface area contributed by atoms with Crippen molar-refractivity contribution in [2.75, 3.05) is 30.5 Å². The Kier molecular flexibility index (Phi) is 6.39. The largest absolute Gasteiger partial charge is 0.495 e. The number of hydrogen-bond acceptors (Lipinski definition) is 5. The van der Waals surface area contributed by atoms with Crippen molar-refractivity contribution in [2.24, 2.45) is 0 Å². The van der Waals surface area contributed by atoms with Crippen LogP contribution in [0.15, 0.2) is 42.5 Å². The summed E-state index contributed by atoms with van der Waals surface area (Å²) >= 11 is 9.79. The van der Waals surface area contributed by atoms with Crippen molar-refractivity contribution in [3.63, 3.8) is 0 Å². The van der Waals surface area contributed by atoms with Gasteiger partial charge in [0, 0.05) is 22.1 Å². The summed E-state index contributed by atoms with van der Waals surface area (Å²) < 4.78 is 11.4. The third-order valence-electron chi connectivity index (χ3n) is 3.59. The third-order valence-corrected chi connectivity index (χ3v) is 6.89. The molecular weight excluding hydrogens is 378 g/mol. The van der Waals surface area contributed by atoms with Gasteiger partial charge in [-0.2, -0.15) is 0 Å². The Morgan fingerprint density at radius 2 is 1.96 bits per heavy atom. The first-order chi connectivity index (χ1) is 12.2. The van der Waals surface area contributed by atoms with Gasteiger partial charge in [0.2, 0.25) is 0 Å². The van der Waals surface area contributed by atoms with Crippen LogP contribution in [0, 0.1) is 0 Å². The zero-order valence-corrected chi connectivity index (χ0v) is 16.0. The van der Waals surface area contributed by atoms with Gasteiger partial charge in [-0.1, -0.05) is 29.8 Å². The predicted octanol–water partition coefficient (Wildman–Crippen LogP) is 4.84. The average molecular weight is 396 g/mol. The minimum atomic E-state index is -0.262. The predicted molar refractivity (Wildman–Crippen MR) is 106 cm³/mol. The van der Waals surface area contributed by atoms with Gasteiger partial charge in [-0.05, 0) is 24.3 Å². The smallest absolute Gasteiger partial charge is 0.262 e. The summed E-state index contributed by atoms with van der Waals surface area (Å²) in [6.45, 7) is -0.0747. The molecule has 3 rings (SSSR count). The van der Waals surface area contributed by atoms with Crippen LogP contribution in [-0.2, 0) is 4.79 Å². The Morgan fingerprint density at radius 3 is 2.72 bits per heavy atom. The second-order valence-electron chi connectivity index (χ2n) is 5.29. The molecule has 1 fully saturated rings. The number of rotatable bonds is 6. The standard InChI is InChI=1S/C18H18ClNO3S2/c1-22-16-7-6-12(19)10-14(16)20-17(21)11-23-15-5-3-2-4-13(15)18-24-8-9-25-18/h2-7,10,18H,8-9,11H2,1H3,(H,20,21). The average Bonchev–Trinajstić information content (AvgIpc) is 3.15. The summed E-state index contributed by atoms with van der Waals surface area (Å²) in [5, 5.41) is 3.30. The molecule has 2 aromatic rings. The van der Waals surface area contributed by atoms with E-state index in [1.165, 1.54) is 0 Å². The zero-order valence-electron chi connectivity index (χ0n) is 13.7. The lowest BCUT2D eigenvalue weighted by atomic mass is 10.2. The van der Waals surface area contributed by atoms with Crippen molar-refractivity contribution >= 4 is 46.7 Å². The number of carbonyl (C=O) groups is 1. The molecule has 1 heterocycles. The van der Waals surface area contributed by atoms with E-state index < -0.39 is 0 Å². The minimum Gasteiger partial charge on any atom is -0.495 e. The van der Waals surface area contributed by atoms with Crippen LogP contribution in [0.3, 0.4) is 0 Å². The molecule has 1 aliphatic rings. The van der Waals surface area contributed by atoms with Gasteiger partial charge in [-0.15, -0.1) is 23.5 Å². The van der Waals surface area contributed by atoms with Crippen LogP contribution in [0.1, 0.15) is 10.1 Å². The van der Waals surface area contributed by atoms with E-state index >= 15 is 0 Å². The van der Waals surface area contributed by atoms with Crippen molar-refractivity contribution in [1.82, 2.24) is 0 Å². The molecule has 0 bridgehead atoms. The van der Waals surface area contributed by atoms with Crippen LogP contribution in [0.25, 0.3) is 0 Å². The fourth-order valence-corrected chi connectivity index (χ4v) is 5.53. The highest BCUT2D eigenvalue weighted by molar-refractivity contribution is 8.19. The highest BCUT2D eigenvalue weighted by atomic mass is 35.5. The number of para-hydroxylation sites is 1. The van der Waals surface area contributed by atoms with Crippen molar-refractivity contribution < 1.29 is 14.3 Å². The van der Waals surface area contributed by atoms with Crippen LogP contribution in [0.2, 0.25) is 5.02 Å². The van der Waals surface area contributed by atoms with E-state index in [4.69, 9.17) is 21.1 Å². The third kappa shape index (κ3) is 4.77. The first kappa shape index (κ1) is 18.3. The van der Waals surface area contributed by atoms with E-state index in [2.05, 4.69) is 11.4 Å². The van der Waals surface area contributed by atoms with E-state index in [-0.39, 0.29) is 12.5 Å². The second kappa shape index (κ2) is 8.74. The Labute approximate surface area is 160 Å². The maximum absolute atomic E-state index is 12.3. The molecule has 1 saturated heterocycles. The van der Waals surface area contributed by atoms with Crippen LogP contribution in [0.5, 0.6) is 11.5 Å². The van der Waals surface area contributed by atoms with Crippen LogP contribution >= 0.6 is 35.1 Å². The zero-order chi connectivity index (χ0) is 17.6. The summed E-state index contributed by atoms with van der Waals surface area (Å²) in [6, 6.07) is 12.9. The number of halogens is 1. The number of anilines is 1. The number of benzene rings is 2. The molecule has 25 heavy (non-hydrogen) atoms. The second-order valence-corrected chi connectivity index (χ2v) is 8.45. The molecule has 132 valence electrons. The summed E-state index contributed by atoms with van der Waals surface area (Å²) in [5.74, 6) is 3.32. The molecule has 1 amide bonds. The highest BCUT2D eigenvalue weighted by Gasteiger charge is 2.22. The summed E-state index contributed by atoms with van der Waals surface area (Å²) in [4.78, 5) is 12.3. The molecule has 2 aromatic carbocycles. The Morgan fingerprint density at radius 1 is 1.20 bits per heavy atom. The molecule has 1 aliphatic heterocycles. The molecule has 1 N–H and O–H groups in total. The van der Waals surface area contributed by atoms with E-state index in [0.29, 0.717) is 21.0 Å². The Balaban J connectivity index is 1.64. The van der Waals surface area contributed by atoms with E-state index in [9.17, 15) is 4.79 Å². The minimum absolute atomic E-state index is 0.0747. The molecule has 0 aromatic heterocycles. The maximum atomic E-state index is 12.3. The summed E-state index contributed by atoms with van der Waals surface area (Å²) in [6.07, 6.45) is 0. The molecule has 7 heteroatoms. The van der Waals surface area contributed by atoms with Gasteiger partial charge < -0.3 is 14.8 Å². The van der Waals surface area contributed by atoms with E-state index in [0.717, 1.165) is 22.8 Å². The summed E-state index contributed by atoms with van der Waals surface area (Å²) in [5.41, 5.74) is 1.65. The number of hydrogen-bond donors (Lipinski definition) is 1. The normalized spacial score (nSPS) is 14.3. The number of thioether (sulfide) groups is 2. The summed E-state index contributed by atoms with van der Waals surface area (Å²) in [7, 11) is 1.54. The first-order valence-corrected chi connectivity index (χ1v) is 10.2. The van der Waals surface area contributed by atoms with Crippen LogP contribution in [-0.4, -0.2) is 31.1 Å². The van der Waals surface area contributed by atoms with E-state index in [1.807, 2.05) is 41.7 Å². The molecule has 0 atom stereocenters. The number of methoxy groups -OCH3 is 1. The van der Waals surface area contributed by atoms with Crippen molar-refractivity contribution in [3.8, 4) is 11.5 Å². The first-order valence-electron chi connectivity index (χ1n) is 7.75. The van der Waals surface area contributed by atoms with Gasteiger partial charge >= 0.3 is 0 Å².